The number of benzene rings is 3. The summed E-state index contributed by atoms with van der Waals surface area (Å²) >= 11 is 0. The Morgan fingerprint density at radius 1 is 0.971 bits per heavy atom. The zero-order valence-electron chi connectivity index (χ0n) is 19.8. The Morgan fingerprint density at radius 3 is 2.29 bits per heavy atom. The average Bonchev–Trinajstić information content (AvgIpc) is 2.84. The van der Waals surface area contributed by atoms with E-state index in [0.717, 1.165) is 21.0 Å². The Balaban J connectivity index is 1.84. The summed E-state index contributed by atoms with van der Waals surface area (Å²) in [6.07, 6.45) is 1.56. The highest BCUT2D eigenvalue weighted by atomic mass is 32.2. The number of rotatable bonds is 9. The van der Waals surface area contributed by atoms with Crippen molar-refractivity contribution in [3.8, 4) is 5.75 Å². The lowest BCUT2D eigenvalue weighted by molar-refractivity contribution is -0.119. The van der Waals surface area contributed by atoms with Crippen LogP contribution in [0.3, 0.4) is 0 Å². The van der Waals surface area contributed by atoms with Crippen molar-refractivity contribution >= 4 is 27.8 Å². The van der Waals surface area contributed by atoms with Gasteiger partial charge in [-0.3, -0.25) is 9.10 Å². The van der Waals surface area contributed by atoms with Crippen LogP contribution in [-0.4, -0.2) is 33.7 Å². The van der Waals surface area contributed by atoms with Crippen molar-refractivity contribution in [2.24, 2.45) is 5.10 Å². The molecule has 3 aromatic rings. The van der Waals surface area contributed by atoms with Crippen LogP contribution in [0.1, 0.15) is 29.2 Å². The highest BCUT2D eigenvalue weighted by Gasteiger charge is 2.27. The number of nitrogens with zero attached hydrogens (tertiary/aromatic N) is 2. The predicted molar refractivity (Wildman–Crippen MR) is 135 cm³/mol. The molecular formula is C26H29N3O4S. The van der Waals surface area contributed by atoms with Crippen molar-refractivity contribution in [1.82, 2.24) is 5.43 Å². The van der Waals surface area contributed by atoms with Gasteiger partial charge in [-0.2, -0.15) is 5.10 Å². The number of carbonyl (C=O) groups excluding carboxylic acids is 1. The number of carbonyl (C=O) groups is 1. The number of sulfonamides is 1. The molecule has 0 saturated heterocycles. The molecule has 7 nitrogen and oxygen atoms in total. The third-order valence-electron chi connectivity index (χ3n) is 5.55. The molecule has 0 atom stereocenters. The summed E-state index contributed by atoms with van der Waals surface area (Å²) in [6, 6.07) is 18.5. The van der Waals surface area contributed by atoms with E-state index >= 15 is 0 Å². The van der Waals surface area contributed by atoms with E-state index in [1.807, 2.05) is 39.8 Å². The number of ether oxygens (including phenoxy) is 1. The monoisotopic (exact) mass is 479 g/mol. The van der Waals surface area contributed by atoms with E-state index in [9.17, 15) is 13.2 Å². The zero-order chi connectivity index (χ0) is 24.7. The van der Waals surface area contributed by atoms with Gasteiger partial charge in [0.2, 0.25) is 0 Å². The fraction of sp³-hybridized carbons (Fsp3) is 0.231. The van der Waals surface area contributed by atoms with Gasteiger partial charge in [0, 0.05) is 0 Å². The third kappa shape index (κ3) is 5.82. The molecule has 1 N–H and O–H groups in total. The number of hydrogen-bond donors (Lipinski definition) is 1. The fourth-order valence-electron chi connectivity index (χ4n) is 3.37. The molecule has 0 spiro atoms. The Hall–Kier alpha value is -3.65. The highest BCUT2D eigenvalue weighted by molar-refractivity contribution is 7.92. The first-order valence-electron chi connectivity index (χ1n) is 10.9. The van der Waals surface area contributed by atoms with Crippen LogP contribution in [0.5, 0.6) is 5.75 Å². The van der Waals surface area contributed by atoms with Gasteiger partial charge in [-0.05, 0) is 86.3 Å². The Bertz CT molecular complexity index is 1270. The van der Waals surface area contributed by atoms with E-state index in [1.165, 1.54) is 17.7 Å². The normalized spacial score (nSPS) is 11.4. The molecule has 34 heavy (non-hydrogen) atoms. The number of anilines is 1. The third-order valence-corrected chi connectivity index (χ3v) is 7.33. The summed E-state index contributed by atoms with van der Waals surface area (Å²) in [5, 5.41) is 4.05. The molecule has 3 aromatic carbocycles. The first-order chi connectivity index (χ1) is 16.2. The molecule has 178 valence electrons. The van der Waals surface area contributed by atoms with Gasteiger partial charge in [0.25, 0.3) is 15.9 Å². The number of aryl methyl sites for hydroxylation is 1. The van der Waals surface area contributed by atoms with Crippen molar-refractivity contribution < 1.29 is 17.9 Å². The van der Waals surface area contributed by atoms with Crippen molar-refractivity contribution in [1.29, 1.82) is 0 Å². The van der Waals surface area contributed by atoms with E-state index in [-0.39, 0.29) is 4.90 Å². The predicted octanol–water partition coefficient (Wildman–Crippen LogP) is 4.36. The summed E-state index contributed by atoms with van der Waals surface area (Å²) in [6.45, 7) is 7.98. The van der Waals surface area contributed by atoms with Crippen molar-refractivity contribution in [2.75, 3.05) is 17.5 Å². The van der Waals surface area contributed by atoms with Gasteiger partial charge in [-0.25, -0.2) is 13.8 Å². The van der Waals surface area contributed by atoms with Gasteiger partial charge in [-0.1, -0.05) is 30.3 Å². The quantitative estimate of drug-likeness (QED) is 0.365. The van der Waals surface area contributed by atoms with Gasteiger partial charge in [-0.15, -0.1) is 0 Å². The molecule has 0 heterocycles. The first-order valence-corrected chi connectivity index (χ1v) is 12.4. The van der Waals surface area contributed by atoms with Crippen LogP contribution in [-0.2, 0) is 14.8 Å². The van der Waals surface area contributed by atoms with E-state index in [0.29, 0.717) is 18.0 Å². The minimum absolute atomic E-state index is 0.0888. The number of amides is 1. The van der Waals surface area contributed by atoms with Gasteiger partial charge >= 0.3 is 0 Å². The molecule has 0 saturated carbocycles. The second-order valence-corrected chi connectivity index (χ2v) is 9.63. The van der Waals surface area contributed by atoms with Crippen molar-refractivity contribution in [3.63, 3.8) is 0 Å². The number of hydrogen-bond acceptors (Lipinski definition) is 5. The second-order valence-electron chi connectivity index (χ2n) is 7.77. The molecule has 0 aliphatic carbocycles. The summed E-state index contributed by atoms with van der Waals surface area (Å²) in [4.78, 5) is 12.8. The lowest BCUT2D eigenvalue weighted by Crippen LogP contribution is -2.39. The SMILES string of the molecule is CCOc1ccc(N(CC(=O)N/N=C\c2ccc(C)c(C)c2C)S(=O)(=O)c2ccccc2)cc1. The minimum atomic E-state index is -3.99. The molecule has 0 aliphatic rings. The summed E-state index contributed by atoms with van der Waals surface area (Å²) in [5.41, 5.74) is 7.07. The largest absolute Gasteiger partial charge is 0.494 e. The Kier molecular flexibility index (Phi) is 8.07. The average molecular weight is 480 g/mol. The van der Waals surface area contributed by atoms with Crippen LogP contribution in [0.15, 0.2) is 76.7 Å². The van der Waals surface area contributed by atoms with Crippen molar-refractivity contribution in [2.45, 2.75) is 32.6 Å². The molecule has 0 aromatic heterocycles. The van der Waals surface area contributed by atoms with Gasteiger partial charge in [0.1, 0.15) is 12.3 Å². The molecule has 3 rings (SSSR count). The fourth-order valence-corrected chi connectivity index (χ4v) is 4.81. The Labute approximate surface area is 201 Å². The molecule has 0 radical (unpaired) electrons. The maximum absolute atomic E-state index is 13.4. The summed E-state index contributed by atoms with van der Waals surface area (Å²) < 4.78 is 33.2. The van der Waals surface area contributed by atoms with E-state index in [1.54, 1.807) is 48.7 Å². The zero-order valence-corrected chi connectivity index (χ0v) is 20.6. The minimum Gasteiger partial charge on any atom is -0.494 e. The maximum Gasteiger partial charge on any atom is 0.264 e. The first kappa shape index (κ1) is 25.0. The van der Waals surface area contributed by atoms with Crippen LogP contribution in [0.25, 0.3) is 0 Å². The van der Waals surface area contributed by atoms with E-state index in [2.05, 4.69) is 10.5 Å². The van der Waals surface area contributed by atoms with Gasteiger partial charge < -0.3 is 4.74 Å². The van der Waals surface area contributed by atoms with Crippen LogP contribution in [0, 0.1) is 20.8 Å². The number of nitrogens with one attached hydrogen (secondary N) is 1. The molecule has 0 unspecified atom stereocenters. The standard InChI is InChI=1S/C26H29N3O4S/c1-5-33-24-15-13-23(14-16-24)29(34(31,32)25-9-7-6-8-10-25)18-26(30)28-27-17-22-12-11-19(2)20(3)21(22)4/h6-17H,5,18H2,1-4H3,(H,28,30)/b27-17-. The molecule has 1 amide bonds. The molecule has 0 fully saturated rings. The molecular weight excluding hydrogens is 450 g/mol. The van der Waals surface area contributed by atoms with Crippen LogP contribution >= 0.6 is 0 Å². The molecule has 0 aliphatic heterocycles. The van der Waals surface area contributed by atoms with E-state index < -0.39 is 22.5 Å². The Morgan fingerprint density at radius 2 is 1.65 bits per heavy atom. The summed E-state index contributed by atoms with van der Waals surface area (Å²) in [7, 11) is -3.99. The van der Waals surface area contributed by atoms with Gasteiger partial charge in [0.05, 0.1) is 23.4 Å². The number of hydrazone groups is 1. The highest BCUT2D eigenvalue weighted by Crippen LogP contribution is 2.25. The summed E-state index contributed by atoms with van der Waals surface area (Å²) in [5.74, 6) is 0.0484. The topological polar surface area (TPSA) is 88.1 Å². The second kappa shape index (κ2) is 11.0. The lowest BCUT2D eigenvalue weighted by Gasteiger charge is -2.24. The van der Waals surface area contributed by atoms with Crippen LogP contribution in [0.2, 0.25) is 0 Å². The van der Waals surface area contributed by atoms with Gasteiger partial charge in [0.15, 0.2) is 0 Å². The molecule has 0 bridgehead atoms. The maximum atomic E-state index is 13.4. The van der Waals surface area contributed by atoms with Crippen LogP contribution < -0.4 is 14.5 Å². The van der Waals surface area contributed by atoms with Crippen molar-refractivity contribution in [3.05, 3.63) is 89.0 Å². The van der Waals surface area contributed by atoms with E-state index in [4.69, 9.17) is 4.74 Å². The molecule has 8 heteroatoms. The lowest BCUT2D eigenvalue weighted by atomic mass is 10.00. The smallest absolute Gasteiger partial charge is 0.264 e. The van der Waals surface area contributed by atoms with Crippen LogP contribution in [0.4, 0.5) is 5.69 Å².